The second-order valence-electron chi connectivity index (χ2n) is 27.2. The summed E-state index contributed by atoms with van der Waals surface area (Å²) in [6.45, 7) is 31.4. The van der Waals surface area contributed by atoms with Gasteiger partial charge in [0, 0.05) is 137 Å². The van der Waals surface area contributed by atoms with E-state index in [-0.39, 0.29) is 45.8 Å². The quantitative estimate of drug-likeness (QED) is 0.0112. The smallest absolute Gasteiger partial charge is 0.304 e. The van der Waals surface area contributed by atoms with Crippen molar-refractivity contribution in [3.8, 4) is 0 Å². The molecule has 0 unspecified atom stereocenters. The average molecular weight is 1480 g/mol. The Bertz CT molecular complexity index is 4020. The number of unbranched alkanes of at least 4 members (excludes halogenated alkanes) is 4. The maximum atomic E-state index is 12.3. The van der Waals surface area contributed by atoms with Crippen LogP contribution in [0.1, 0.15) is 180 Å². The number of carbonyl (C=O) groups is 4. The van der Waals surface area contributed by atoms with E-state index >= 15 is 0 Å². The lowest BCUT2D eigenvalue weighted by atomic mass is 9.80. The van der Waals surface area contributed by atoms with E-state index in [0.29, 0.717) is 31.7 Å². The lowest BCUT2D eigenvalue weighted by Crippen LogP contribution is -2.28. The summed E-state index contributed by atoms with van der Waals surface area (Å²) in [5.41, 5.74) is 14.2. The second kappa shape index (κ2) is 36.2. The van der Waals surface area contributed by atoms with E-state index in [1.807, 2.05) is 0 Å². The molecule has 0 bridgehead atoms. The van der Waals surface area contributed by atoms with Crippen LogP contribution in [-0.4, -0.2) is 141 Å². The maximum absolute atomic E-state index is 12.3. The van der Waals surface area contributed by atoms with E-state index < -0.39 is 49.0 Å². The number of likely N-dealkylation sites (N-methyl/N-ethyl adjacent to an activating group) is 2. The minimum atomic E-state index is -4.31. The third-order valence-corrected chi connectivity index (χ3v) is 25.1. The SMILES string of the molecule is CCCSSCCC(=O)O.CCN1/C(=C/C=C/C2=[N+](CCCCCC(=O)NCCSSCCC(=O)O)c3ccc(C)cc3C2(C)C)C(C)(C)c2cc(S(=O)(=O)O)ccc21.CCN1/C(=C/C=C/C2=[N+](CCCCCC(=O)O)c3ccc(C)cc3C2(C)C)C(C)(C)c2cc(S(=O)(=O)O)ccc21. The van der Waals surface area contributed by atoms with Crippen molar-refractivity contribution in [2.75, 3.05) is 65.5 Å². The topological polar surface area (TPSA) is 262 Å². The van der Waals surface area contributed by atoms with E-state index in [9.17, 15) is 45.1 Å². The van der Waals surface area contributed by atoms with Crippen LogP contribution < -0.4 is 15.1 Å². The van der Waals surface area contributed by atoms with E-state index in [4.69, 9.17) is 15.3 Å². The van der Waals surface area contributed by atoms with Crippen molar-refractivity contribution in [1.29, 1.82) is 0 Å². The molecule has 18 nitrogen and oxygen atoms in total. The number of amides is 1. The molecule has 99 heavy (non-hydrogen) atoms. The molecule has 0 radical (unpaired) electrons. The van der Waals surface area contributed by atoms with Gasteiger partial charge in [-0.25, -0.2) is 0 Å². The van der Waals surface area contributed by atoms with Crippen LogP contribution >= 0.6 is 43.2 Å². The number of nitrogens with zero attached hydrogens (tertiary/aromatic N) is 4. The molecular weight excluding hydrogens is 1370 g/mol. The van der Waals surface area contributed by atoms with Crippen LogP contribution in [0.15, 0.2) is 130 Å². The molecule has 0 aromatic heterocycles. The molecule has 4 aliphatic rings. The molecule has 0 atom stereocenters. The third-order valence-electron chi connectivity index (χ3n) is 18.4. The summed E-state index contributed by atoms with van der Waals surface area (Å²) >= 11 is 0. The number of carbonyl (C=O) groups excluding carboxylic acids is 1. The summed E-state index contributed by atoms with van der Waals surface area (Å²) in [4.78, 5) is 48.1. The molecule has 4 aliphatic heterocycles. The first-order chi connectivity index (χ1) is 46.5. The Morgan fingerprint density at radius 1 is 0.485 bits per heavy atom. The molecular formula is C75H103N5O13S6+2. The highest BCUT2D eigenvalue weighted by Gasteiger charge is 2.47. The highest BCUT2D eigenvalue weighted by Crippen LogP contribution is 2.50. The van der Waals surface area contributed by atoms with Crippen molar-refractivity contribution in [2.24, 2.45) is 0 Å². The summed E-state index contributed by atoms with van der Waals surface area (Å²) in [7, 11) is -2.12. The van der Waals surface area contributed by atoms with Gasteiger partial charge in [-0.05, 0) is 159 Å². The first kappa shape index (κ1) is 81.8. The molecule has 6 N–H and O–H groups in total. The highest BCUT2D eigenvalue weighted by atomic mass is 33.1. The summed E-state index contributed by atoms with van der Waals surface area (Å²) in [6.07, 6.45) is 20.2. The minimum Gasteiger partial charge on any atom is -0.481 e. The van der Waals surface area contributed by atoms with Gasteiger partial charge in [0.15, 0.2) is 11.4 Å². The first-order valence-corrected chi connectivity index (χ1v) is 41.9. The lowest BCUT2D eigenvalue weighted by Gasteiger charge is -2.25. The fraction of sp³-hybridized carbons (Fsp3) is 0.493. The molecule has 4 heterocycles. The van der Waals surface area contributed by atoms with Gasteiger partial charge in [-0.1, -0.05) is 113 Å². The van der Waals surface area contributed by atoms with Gasteiger partial charge in [-0.15, -0.1) is 0 Å². The summed E-state index contributed by atoms with van der Waals surface area (Å²) < 4.78 is 71.6. The van der Waals surface area contributed by atoms with Crippen molar-refractivity contribution in [2.45, 2.75) is 192 Å². The zero-order chi connectivity index (χ0) is 73.3. The number of nitrogens with one attached hydrogen (secondary N) is 1. The number of hydrogen-bond donors (Lipinski definition) is 6. The van der Waals surface area contributed by atoms with E-state index in [0.717, 1.165) is 109 Å². The number of rotatable bonds is 33. The van der Waals surface area contributed by atoms with Gasteiger partial charge in [-0.2, -0.15) is 26.0 Å². The normalized spacial score (nSPS) is 17.0. The number of carboxylic acids is 3. The van der Waals surface area contributed by atoms with Crippen molar-refractivity contribution >= 4 is 121 Å². The Kier molecular flexibility index (Phi) is 29.9. The minimum absolute atomic E-state index is 0.0507. The van der Waals surface area contributed by atoms with Crippen LogP contribution in [0, 0.1) is 13.8 Å². The predicted molar refractivity (Wildman–Crippen MR) is 409 cm³/mol. The predicted octanol–water partition coefficient (Wildman–Crippen LogP) is 16.2. The molecule has 0 saturated carbocycles. The largest absolute Gasteiger partial charge is 0.481 e. The molecule has 4 aromatic carbocycles. The molecule has 0 aliphatic carbocycles. The number of hydrogen-bond acceptors (Lipinski definition) is 14. The van der Waals surface area contributed by atoms with Gasteiger partial charge in [0.1, 0.15) is 13.1 Å². The number of anilines is 2. The lowest BCUT2D eigenvalue weighted by molar-refractivity contribution is -0.438. The van der Waals surface area contributed by atoms with Gasteiger partial charge in [-0.3, -0.25) is 28.3 Å². The zero-order valence-corrected chi connectivity index (χ0v) is 64.7. The number of aryl methyl sites for hydroxylation is 2. The van der Waals surface area contributed by atoms with Crippen molar-refractivity contribution < 1.29 is 69.6 Å². The van der Waals surface area contributed by atoms with Gasteiger partial charge in [0.2, 0.25) is 17.3 Å². The van der Waals surface area contributed by atoms with Crippen molar-refractivity contribution in [3.05, 3.63) is 154 Å². The number of allylic oxidation sites excluding steroid dienone is 8. The van der Waals surface area contributed by atoms with Crippen LogP contribution in [0.5, 0.6) is 0 Å². The third kappa shape index (κ3) is 21.3. The average Bonchev–Trinajstić information content (AvgIpc) is 1.62. The highest BCUT2D eigenvalue weighted by molar-refractivity contribution is 8.77. The van der Waals surface area contributed by atoms with Crippen molar-refractivity contribution in [1.82, 2.24) is 5.32 Å². The number of carboxylic acid groups (broad SMARTS) is 3. The molecule has 1 amide bonds. The molecule has 0 fully saturated rings. The molecule has 0 saturated heterocycles. The van der Waals surface area contributed by atoms with E-state index in [2.05, 4.69) is 187 Å². The Morgan fingerprint density at radius 2 is 0.879 bits per heavy atom. The van der Waals surface area contributed by atoms with Gasteiger partial charge in [0.05, 0.1) is 33.5 Å². The maximum Gasteiger partial charge on any atom is 0.304 e. The Hall–Kier alpha value is -6.12. The van der Waals surface area contributed by atoms with Gasteiger partial charge >= 0.3 is 17.9 Å². The van der Waals surface area contributed by atoms with Crippen LogP contribution in [0.3, 0.4) is 0 Å². The molecule has 540 valence electrons. The van der Waals surface area contributed by atoms with Crippen molar-refractivity contribution in [3.63, 3.8) is 0 Å². The standard InChI is InChI=1S/C37H49N3O6S3.C32H40N2O5S.C6H12O2S2/c1-7-39-30-18-16-27(49(44,45)46)25-29(30)37(5,6)32(39)12-11-13-33-36(3,4)28-24-26(2)15-17-31(28)40(33)21-10-8-9-14-34(41)38-20-23-48-47-22-19-35(42)43;1-7-33-26-18-16-23(40(37,38)39)21-25(26)32(5,6)28(33)12-11-13-29-31(3,4)24-20-22(2)15-17-27(24)34(29)19-10-8-9-14-30(35)36;1-2-4-9-10-5-3-6(7)8/h11-13,15-18,24-25H,7-10,14,19-23H2,1-6H3,(H2-,38,41,42,43,44,45,46);11-13,15-18,20-21H,7-10,14,19H2,1-6H3,(H-,35,36,37,38,39);2-5H2,1H3,(H,7,8)/p+2. The summed E-state index contributed by atoms with van der Waals surface area (Å²) in [5, 5.41) is 28.9. The molecule has 8 rings (SSSR count). The fourth-order valence-corrected chi connectivity index (χ4v) is 18.2. The Morgan fingerprint density at radius 3 is 1.26 bits per heavy atom. The Labute approximate surface area is 603 Å². The van der Waals surface area contributed by atoms with Crippen LogP contribution in [0.4, 0.5) is 22.7 Å². The molecule has 24 heteroatoms. The first-order valence-electron chi connectivity index (χ1n) is 34.0. The Balaban J connectivity index is 0.000000278. The van der Waals surface area contributed by atoms with Crippen LogP contribution in [0.2, 0.25) is 0 Å². The van der Waals surface area contributed by atoms with Gasteiger partial charge < -0.3 is 30.4 Å². The van der Waals surface area contributed by atoms with E-state index in [1.54, 1.807) is 56.6 Å². The number of benzene rings is 4. The summed E-state index contributed by atoms with van der Waals surface area (Å²) in [5.74, 6) is 0.950. The number of aliphatic carboxylic acids is 3. The molecule has 4 aromatic rings. The van der Waals surface area contributed by atoms with E-state index in [1.165, 1.54) is 68.0 Å². The zero-order valence-electron chi connectivity index (χ0n) is 59.8. The van der Waals surface area contributed by atoms with Crippen LogP contribution in [0.25, 0.3) is 0 Å². The second-order valence-corrected chi connectivity index (χ2v) is 35.4. The fourth-order valence-electron chi connectivity index (χ4n) is 13.2. The van der Waals surface area contributed by atoms with Crippen LogP contribution in [-0.2, 0) is 61.1 Å². The van der Waals surface area contributed by atoms with Gasteiger partial charge in [0.25, 0.3) is 20.2 Å². The molecule has 0 spiro atoms. The monoisotopic (exact) mass is 1470 g/mol. The summed E-state index contributed by atoms with van der Waals surface area (Å²) in [6, 6.07) is 22.8. The number of fused-ring (bicyclic) bond motifs is 4.